The molecule has 1 aliphatic heterocycles. The Labute approximate surface area is 168 Å². The Morgan fingerprint density at radius 1 is 1.14 bits per heavy atom. The first-order valence-corrected chi connectivity index (χ1v) is 9.18. The van der Waals surface area contributed by atoms with Crippen molar-refractivity contribution in [2.24, 2.45) is 0 Å². The van der Waals surface area contributed by atoms with E-state index in [1.807, 2.05) is 18.2 Å². The zero-order chi connectivity index (χ0) is 21.0. The van der Waals surface area contributed by atoms with Crippen molar-refractivity contribution in [3.63, 3.8) is 0 Å². The first-order valence-electron chi connectivity index (χ1n) is 9.18. The maximum Gasteiger partial charge on any atom is 0.325 e. The summed E-state index contributed by atoms with van der Waals surface area (Å²) in [5.41, 5.74) is -0.0482. The van der Waals surface area contributed by atoms with Gasteiger partial charge in [-0.25, -0.2) is 4.79 Å². The van der Waals surface area contributed by atoms with E-state index in [2.05, 4.69) is 10.6 Å². The molecule has 0 aliphatic carbocycles. The summed E-state index contributed by atoms with van der Waals surface area (Å²) < 4.78 is 5.61. The van der Waals surface area contributed by atoms with Crippen LogP contribution < -0.4 is 15.4 Å². The average molecular weight is 397 g/mol. The number of para-hydroxylation sites is 2. The number of hydrogen-bond donors (Lipinski definition) is 3. The smallest absolute Gasteiger partial charge is 0.325 e. The number of benzene rings is 2. The van der Waals surface area contributed by atoms with Crippen molar-refractivity contribution in [3.05, 3.63) is 60.2 Å². The van der Waals surface area contributed by atoms with Gasteiger partial charge >= 0.3 is 6.03 Å². The van der Waals surface area contributed by atoms with Crippen LogP contribution >= 0.6 is 0 Å². The zero-order valence-corrected chi connectivity index (χ0v) is 16.2. The van der Waals surface area contributed by atoms with Crippen LogP contribution in [0.2, 0.25) is 0 Å². The van der Waals surface area contributed by atoms with Gasteiger partial charge in [0.1, 0.15) is 24.0 Å². The lowest BCUT2D eigenvalue weighted by Gasteiger charge is -2.20. The lowest BCUT2D eigenvalue weighted by atomic mass is 10.1. The molecule has 152 valence electrons. The maximum absolute atomic E-state index is 12.6. The molecule has 1 fully saturated rings. The number of carbonyl (C=O) groups is 3. The first-order chi connectivity index (χ1) is 13.8. The summed E-state index contributed by atoms with van der Waals surface area (Å²) in [5.74, 6) is -0.473. The highest BCUT2D eigenvalue weighted by Crippen LogP contribution is 2.21. The van der Waals surface area contributed by atoms with Crippen molar-refractivity contribution in [2.45, 2.75) is 25.5 Å². The Morgan fingerprint density at radius 3 is 2.45 bits per heavy atom. The second-order valence-corrected chi connectivity index (χ2v) is 7.25. The van der Waals surface area contributed by atoms with Crippen LogP contribution in [0, 0.1) is 0 Å². The highest BCUT2D eigenvalue weighted by atomic mass is 16.5. The molecule has 1 saturated heterocycles. The monoisotopic (exact) mass is 397 g/mol. The molecule has 1 aliphatic rings. The molecule has 0 saturated carbocycles. The summed E-state index contributed by atoms with van der Waals surface area (Å²) in [6.45, 7) is 2.80. The van der Waals surface area contributed by atoms with Crippen molar-refractivity contribution >= 4 is 23.5 Å². The number of nitrogens with one attached hydrogen (secondary N) is 2. The Kier molecular flexibility index (Phi) is 5.84. The molecule has 0 spiro atoms. The lowest BCUT2D eigenvalue weighted by Crippen LogP contribution is -2.42. The van der Waals surface area contributed by atoms with Crippen LogP contribution in [-0.2, 0) is 4.79 Å². The molecule has 3 N–H and O–H groups in total. The fraction of sp³-hybridized carbons (Fsp3) is 0.286. The summed E-state index contributed by atoms with van der Waals surface area (Å²) >= 11 is 0. The van der Waals surface area contributed by atoms with E-state index in [4.69, 9.17) is 4.74 Å². The van der Waals surface area contributed by atoms with Gasteiger partial charge in [0.25, 0.3) is 11.8 Å². The van der Waals surface area contributed by atoms with Crippen LogP contribution in [0.5, 0.6) is 5.75 Å². The molecule has 1 heterocycles. The normalized spacial score (nSPS) is 16.3. The summed E-state index contributed by atoms with van der Waals surface area (Å²) in [6.07, 6.45) is -1.11. The molecule has 0 aromatic heterocycles. The number of hydrogen-bond acceptors (Lipinski definition) is 5. The number of amides is 4. The third kappa shape index (κ3) is 4.72. The lowest BCUT2D eigenvalue weighted by molar-refractivity contribution is -0.131. The van der Waals surface area contributed by atoms with E-state index in [0.717, 1.165) is 4.90 Å². The summed E-state index contributed by atoms with van der Waals surface area (Å²) in [6, 6.07) is 15.1. The second kappa shape index (κ2) is 8.32. The van der Waals surface area contributed by atoms with Crippen LogP contribution in [0.4, 0.5) is 10.5 Å². The van der Waals surface area contributed by atoms with E-state index < -0.39 is 23.6 Å². The third-order valence-corrected chi connectivity index (χ3v) is 4.43. The SMILES string of the molecule is CC1(C)NC(=O)N(C[C@@H](O)COc2ccccc2C(=O)Nc2ccccc2)C1=O. The molecule has 8 heteroatoms. The highest BCUT2D eigenvalue weighted by Gasteiger charge is 2.44. The van der Waals surface area contributed by atoms with Gasteiger partial charge in [-0.05, 0) is 38.1 Å². The van der Waals surface area contributed by atoms with E-state index in [-0.39, 0.29) is 24.8 Å². The molecule has 0 bridgehead atoms. The van der Waals surface area contributed by atoms with E-state index in [1.165, 1.54) is 0 Å². The minimum absolute atomic E-state index is 0.187. The molecule has 0 unspecified atom stereocenters. The van der Waals surface area contributed by atoms with Gasteiger partial charge in [-0.2, -0.15) is 0 Å². The van der Waals surface area contributed by atoms with Crippen LogP contribution in [0.15, 0.2) is 54.6 Å². The van der Waals surface area contributed by atoms with Crippen LogP contribution in [-0.4, -0.2) is 52.6 Å². The number of imide groups is 1. The summed E-state index contributed by atoms with van der Waals surface area (Å²) in [4.78, 5) is 37.6. The fourth-order valence-corrected chi connectivity index (χ4v) is 2.93. The van der Waals surface area contributed by atoms with Crippen molar-refractivity contribution in [1.29, 1.82) is 0 Å². The van der Waals surface area contributed by atoms with Crippen LogP contribution in [0.25, 0.3) is 0 Å². The number of rotatable bonds is 7. The predicted molar refractivity (Wildman–Crippen MR) is 107 cm³/mol. The molecule has 29 heavy (non-hydrogen) atoms. The number of nitrogens with zero attached hydrogens (tertiary/aromatic N) is 1. The molecule has 3 rings (SSSR count). The number of carbonyl (C=O) groups excluding carboxylic acids is 3. The zero-order valence-electron chi connectivity index (χ0n) is 16.2. The Balaban J connectivity index is 1.62. The Morgan fingerprint density at radius 2 is 1.79 bits per heavy atom. The molecule has 1 atom stereocenters. The van der Waals surface area contributed by atoms with E-state index in [1.54, 1.807) is 50.2 Å². The molecule has 4 amide bonds. The Bertz CT molecular complexity index is 914. The molecule has 8 nitrogen and oxygen atoms in total. The van der Waals surface area contributed by atoms with Crippen LogP contribution in [0.1, 0.15) is 24.2 Å². The van der Waals surface area contributed by atoms with Gasteiger partial charge in [0.2, 0.25) is 0 Å². The van der Waals surface area contributed by atoms with Crippen molar-refractivity contribution in [1.82, 2.24) is 10.2 Å². The molecule has 2 aromatic rings. The minimum atomic E-state index is -1.11. The van der Waals surface area contributed by atoms with Gasteiger partial charge in [-0.15, -0.1) is 0 Å². The van der Waals surface area contributed by atoms with Gasteiger partial charge < -0.3 is 20.5 Å². The molecule has 2 aromatic carbocycles. The average Bonchev–Trinajstić information content (AvgIpc) is 2.89. The molecular weight excluding hydrogens is 374 g/mol. The number of aliphatic hydroxyl groups is 1. The first kappa shape index (κ1) is 20.3. The minimum Gasteiger partial charge on any atom is -0.490 e. The fourth-order valence-electron chi connectivity index (χ4n) is 2.93. The Hall–Kier alpha value is -3.39. The maximum atomic E-state index is 12.6. The highest BCUT2D eigenvalue weighted by molar-refractivity contribution is 6.07. The number of aliphatic hydroxyl groups excluding tert-OH is 1. The van der Waals surface area contributed by atoms with E-state index in [9.17, 15) is 19.5 Å². The van der Waals surface area contributed by atoms with Gasteiger partial charge in [0, 0.05) is 5.69 Å². The quantitative estimate of drug-likeness (QED) is 0.620. The largest absolute Gasteiger partial charge is 0.490 e. The van der Waals surface area contributed by atoms with Gasteiger partial charge in [-0.3, -0.25) is 14.5 Å². The number of anilines is 1. The number of urea groups is 1. The predicted octanol–water partition coefficient (Wildman–Crippen LogP) is 2.01. The van der Waals surface area contributed by atoms with Gasteiger partial charge in [0.15, 0.2) is 0 Å². The standard InChI is InChI=1S/C21H23N3O5/c1-21(2)19(27)24(20(28)23-21)12-15(25)13-29-17-11-7-6-10-16(17)18(26)22-14-8-4-3-5-9-14/h3-11,15,25H,12-13H2,1-2H3,(H,22,26)(H,23,28)/t15-/m1/s1. The third-order valence-electron chi connectivity index (χ3n) is 4.43. The van der Waals surface area contributed by atoms with Crippen molar-refractivity contribution < 1.29 is 24.2 Å². The van der Waals surface area contributed by atoms with Gasteiger partial charge in [-0.1, -0.05) is 30.3 Å². The van der Waals surface area contributed by atoms with E-state index in [0.29, 0.717) is 11.3 Å². The summed E-state index contributed by atoms with van der Waals surface area (Å²) in [7, 11) is 0. The topological polar surface area (TPSA) is 108 Å². The number of ether oxygens (including phenoxy) is 1. The molecular formula is C21H23N3O5. The van der Waals surface area contributed by atoms with E-state index >= 15 is 0 Å². The van der Waals surface area contributed by atoms with Crippen molar-refractivity contribution in [2.75, 3.05) is 18.5 Å². The molecule has 0 radical (unpaired) electrons. The van der Waals surface area contributed by atoms with Crippen LogP contribution in [0.3, 0.4) is 0 Å². The van der Waals surface area contributed by atoms with Gasteiger partial charge in [0.05, 0.1) is 12.1 Å². The van der Waals surface area contributed by atoms with Crippen molar-refractivity contribution in [3.8, 4) is 5.75 Å². The second-order valence-electron chi connectivity index (χ2n) is 7.25. The number of β-amino-alcohol motifs (C(OH)–C–C–N with tert-alkyl or cyclic N) is 1. The summed E-state index contributed by atoms with van der Waals surface area (Å²) in [5, 5.41) is 15.6.